The molecule has 0 spiro atoms. The number of aromatic nitrogens is 3. The molecule has 0 amide bonds. The summed E-state index contributed by atoms with van der Waals surface area (Å²) in [7, 11) is -1.46. The van der Waals surface area contributed by atoms with Crippen molar-refractivity contribution >= 4 is 24.2 Å². The molecule has 0 N–H and O–H groups in total. The van der Waals surface area contributed by atoms with Gasteiger partial charge in [0, 0.05) is 27.5 Å². The van der Waals surface area contributed by atoms with Crippen LogP contribution in [0.5, 0.6) is 0 Å². The van der Waals surface area contributed by atoms with Crippen LogP contribution in [-0.4, -0.2) is 23.0 Å². The van der Waals surface area contributed by atoms with Crippen molar-refractivity contribution in [2.24, 2.45) is 0 Å². The first kappa shape index (κ1) is 32.0. The summed E-state index contributed by atoms with van der Waals surface area (Å²) in [5.41, 5.74) is 13.7. The maximum absolute atomic E-state index is 5.74. The first-order valence-electron chi connectivity index (χ1n) is 17.9. The van der Waals surface area contributed by atoms with Crippen LogP contribution in [0.4, 0.5) is 0 Å². The Labute approximate surface area is 305 Å². The van der Waals surface area contributed by atoms with Crippen LogP contribution in [-0.2, 0) is 5.41 Å². The summed E-state index contributed by atoms with van der Waals surface area (Å²) in [5, 5.41) is 2.38. The van der Waals surface area contributed by atoms with Gasteiger partial charge >= 0.3 is 0 Å². The lowest BCUT2D eigenvalue weighted by atomic mass is 9.81. The molecule has 0 radical (unpaired) electrons. The normalized spacial score (nSPS) is 13.2. The van der Waals surface area contributed by atoms with Crippen molar-refractivity contribution in [2.75, 3.05) is 0 Å². The van der Waals surface area contributed by atoms with E-state index in [-0.39, 0.29) is 5.41 Å². The van der Waals surface area contributed by atoms with Gasteiger partial charge in [-0.1, -0.05) is 148 Å². The third kappa shape index (κ3) is 5.49. The molecule has 4 nitrogen and oxygen atoms in total. The van der Waals surface area contributed by atoms with E-state index in [9.17, 15) is 0 Å². The molecule has 1 aliphatic carbocycles. The summed E-state index contributed by atoms with van der Waals surface area (Å²) in [5.74, 6) is 1.90. The van der Waals surface area contributed by atoms with E-state index in [4.69, 9.17) is 19.4 Å². The number of benzene rings is 6. The molecule has 252 valence electrons. The van der Waals surface area contributed by atoms with Gasteiger partial charge in [-0.25, -0.2) is 15.0 Å². The molecule has 1 aliphatic rings. The van der Waals surface area contributed by atoms with Crippen LogP contribution in [0.1, 0.15) is 25.0 Å². The molecule has 8 aromatic rings. The van der Waals surface area contributed by atoms with Crippen molar-refractivity contribution in [2.45, 2.75) is 38.9 Å². The van der Waals surface area contributed by atoms with Crippen molar-refractivity contribution in [3.8, 4) is 67.5 Å². The molecular weight excluding hydrogens is 651 g/mol. The van der Waals surface area contributed by atoms with Crippen LogP contribution in [0.2, 0.25) is 19.6 Å². The van der Waals surface area contributed by atoms with E-state index in [0.29, 0.717) is 17.5 Å². The molecule has 0 aliphatic heterocycles. The van der Waals surface area contributed by atoms with Gasteiger partial charge in [-0.05, 0) is 74.8 Å². The van der Waals surface area contributed by atoms with E-state index < -0.39 is 8.07 Å². The Bertz CT molecular complexity index is 2650. The molecule has 52 heavy (non-hydrogen) atoms. The first-order valence-corrected chi connectivity index (χ1v) is 21.4. The van der Waals surface area contributed by atoms with Gasteiger partial charge in [0.05, 0.1) is 14.3 Å². The van der Waals surface area contributed by atoms with Gasteiger partial charge < -0.3 is 4.42 Å². The molecule has 0 bridgehead atoms. The highest BCUT2D eigenvalue weighted by Crippen LogP contribution is 2.49. The second-order valence-corrected chi connectivity index (χ2v) is 20.4. The molecule has 0 atom stereocenters. The maximum Gasteiger partial charge on any atom is 0.164 e. The van der Waals surface area contributed by atoms with Gasteiger partial charge in [0.1, 0.15) is 5.58 Å². The average Bonchev–Trinajstić information content (AvgIpc) is 3.75. The minimum atomic E-state index is -1.46. The van der Waals surface area contributed by atoms with E-state index in [1.807, 2.05) is 18.2 Å². The van der Waals surface area contributed by atoms with Gasteiger partial charge in [-0.3, -0.25) is 0 Å². The van der Waals surface area contributed by atoms with Crippen LogP contribution in [0.25, 0.3) is 78.5 Å². The van der Waals surface area contributed by atoms with Gasteiger partial charge in [0.2, 0.25) is 0 Å². The second kappa shape index (κ2) is 12.1. The highest BCUT2D eigenvalue weighted by Gasteiger charge is 2.35. The van der Waals surface area contributed by atoms with Crippen LogP contribution in [0.15, 0.2) is 150 Å². The minimum absolute atomic E-state index is 0.0460. The molecule has 9 rings (SSSR count). The number of hydrogen-bond donors (Lipinski definition) is 0. The average molecular weight is 690 g/mol. The Kier molecular flexibility index (Phi) is 7.45. The minimum Gasteiger partial charge on any atom is -0.464 e. The fraction of sp³-hybridized carbons (Fsp3) is 0.128. The number of fused-ring (bicyclic) bond motifs is 4. The number of furan rings is 1. The van der Waals surface area contributed by atoms with Crippen LogP contribution in [0.3, 0.4) is 0 Å². The topological polar surface area (TPSA) is 51.8 Å². The van der Waals surface area contributed by atoms with E-state index in [1.165, 1.54) is 38.6 Å². The van der Waals surface area contributed by atoms with Crippen molar-refractivity contribution < 1.29 is 4.42 Å². The maximum atomic E-state index is 5.74. The molecular formula is C47H39N3OSi. The summed E-state index contributed by atoms with van der Waals surface area (Å²) in [6, 6.07) is 49.9. The highest BCUT2D eigenvalue weighted by molar-refractivity contribution is 6.88. The van der Waals surface area contributed by atoms with E-state index in [2.05, 4.69) is 155 Å². The number of nitrogens with zero attached hydrogens (tertiary/aromatic N) is 3. The quantitative estimate of drug-likeness (QED) is 0.163. The largest absolute Gasteiger partial charge is 0.464 e. The summed E-state index contributed by atoms with van der Waals surface area (Å²) in [6.07, 6.45) is 1.71. The highest BCUT2D eigenvalue weighted by atomic mass is 28.3. The third-order valence-corrected chi connectivity index (χ3v) is 12.7. The second-order valence-electron chi connectivity index (χ2n) is 15.4. The molecule has 0 unspecified atom stereocenters. The van der Waals surface area contributed by atoms with Crippen molar-refractivity contribution in [1.82, 2.24) is 15.0 Å². The van der Waals surface area contributed by atoms with Crippen molar-refractivity contribution in [3.63, 3.8) is 0 Å². The van der Waals surface area contributed by atoms with Gasteiger partial charge in [0.15, 0.2) is 17.5 Å². The molecule has 0 fully saturated rings. The first-order chi connectivity index (χ1) is 25.1. The van der Waals surface area contributed by atoms with E-state index in [1.54, 1.807) is 6.26 Å². The summed E-state index contributed by atoms with van der Waals surface area (Å²) in [4.78, 5) is 15.2. The fourth-order valence-corrected chi connectivity index (χ4v) is 8.83. The van der Waals surface area contributed by atoms with Gasteiger partial charge in [0.25, 0.3) is 0 Å². The standard InChI is InChI=1S/C47H39N3OSi/c1-47(2)41-17-7-6-15-37(41)38-24-21-34(29-42(38)47)32-12-8-11-31(27-32)33-13-9-14-35(28-33)45-48-44(30-19-22-36(23-20-30)52(3,4)5)49-46(50-45)40-16-10-18-43-39(40)25-26-51-43/h6-29H,1-5H3. The fourth-order valence-electron chi connectivity index (χ4n) is 7.66. The van der Waals surface area contributed by atoms with Crippen LogP contribution < -0.4 is 5.19 Å². The Balaban J connectivity index is 1.12. The number of rotatable bonds is 6. The summed E-state index contributed by atoms with van der Waals surface area (Å²) in [6.45, 7) is 11.8. The SMILES string of the molecule is CC1(C)c2ccccc2-c2ccc(-c3cccc(-c4cccc(-c5nc(-c6ccc([Si](C)(C)C)cc6)nc(-c6cccc7occc67)n5)c4)c3)cc21. The lowest BCUT2D eigenvalue weighted by Crippen LogP contribution is -2.37. The van der Waals surface area contributed by atoms with E-state index in [0.717, 1.165) is 38.8 Å². The van der Waals surface area contributed by atoms with Gasteiger partial charge in [-0.2, -0.15) is 0 Å². The van der Waals surface area contributed by atoms with Crippen molar-refractivity contribution in [3.05, 3.63) is 157 Å². The zero-order valence-corrected chi connectivity index (χ0v) is 31.1. The van der Waals surface area contributed by atoms with Gasteiger partial charge in [-0.15, -0.1) is 0 Å². The Morgan fingerprint density at radius 3 is 1.75 bits per heavy atom. The summed E-state index contributed by atoms with van der Waals surface area (Å²) >= 11 is 0. The van der Waals surface area contributed by atoms with Crippen LogP contribution >= 0.6 is 0 Å². The van der Waals surface area contributed by atoms with Crippen LogP contribution in [0, 0.1) is 0 Å². The lowest BCUT2D eigenvalue weighted by molar-refractivity contribution is 0.616. The Hall–Kier alpha value is -5.91. The Morgan fingerprint density at radius 2 is 1.02 bits per heavy atom. The predicted molar refractivity (Wildman–Crippen MR) is 217 cm³/mol. The Morgan fingerprint density at radius 1 is 0.462 bits per heavy atom. The zero-order valence-electron chi connectivity index (χ0n) is 30.1. The molecule has 2 aromatic heterocycles. The molecule has 0 saturated carbocycles. The smallest absolute Gasteiger partial charge is 0.164 e. The molecule has 0 saturated heterocycles. The van der Waals surface area contributed by atoms with Crippen molar-refractivity contribution in [1.29, 1.82) is 0 Å². The zero-order chi connectivity index (χ0) is 35.6. The monoisotopic (exact) mass is 689 g/mol. The molecule has 2 heterocycles. The number of hydrogen-bond acceptors (Lipinski definition) is 4. The molecule has 5 heteroatoms. The summed E-state index contributed by atoms with van der Waals surface area (Å²) < 4.78 is 5.74. The van der Waals surface area contributed by atoms with E-state index >= 15 is 0 Å². The third-order valence-electron chi connectivity index (χ3n) is 10.6. The molecule has 6 aromatic carbocycles. The lowest BCUT2D eigenvalue weighted by Gasteiger charge is -2.22. The predicted octanol–water partition coefficient (Wildman–Crippen LogP) is 11.8.